The van der Waals surface area contributed by atoms with E-state index in [2.05, 4.69) is 25.5 Å². The number of hydrogen-bond donors (Lipinski definition) is 1. The van der Waals surface area contributed by atoms with Gasteiger partial charge in [0.1, 0.15) is 4.21 Å². The minimum absolute atomic E-state index is 0.0408. The van der Waals surface area contributed by atoms with Gasteiger partial charge in [-0.1, -0.05) is 26.8 Å². The molecule has 150 valence electrons. The van der Waals surface area contributed by atoms with Gasteiger partial charge in [0, 0.05) is 23.8 Å². The SMILES string of the molecule is CC1(C)C[C@@H]2C[C@](C)(CN2C(=O)c2ccc(NS(=O)(=O)c3cccs3)cc2)C1. The molecule has 2 aliphatic rings. The summed E-state index contributed by atoms with van der Waals surface area (Å²) in [5.74, 6) is 0.0408. The largest absolute Gasteiger partial charge is 0.335 e. The highest BCUT2D eigenvalue weighted by molar-refractivity contribution is 7.94. The highest BCUT2D eigenvalue weighted by atomic mass is 32.2. The molecule has 5 nitrogen and oxygen atoms in total. The number of nitrogens with zero attached hydrogens (tertiary/aromatic N) is 1. The average Bonchev–Trinajstić information content (AvgIpc) is 3.20. The summed E-state index contributed by atoms with van der Waals surface area (Å²) in [6, 6.07) is 10.3. The molecule has 2 heterocycles. The number of thiophene rings is 1. The van der Waals surface area contributed by atoms with Crippen LogP contribution in [0, 0.1) is 10.8 Å². The molecule has 2 aromatic rings. The monoisotopic (exact) mass is 418 g/mol. The number of sulfonamides is 1. The van der Waals surface area contributed by atoms with Crippen LogP contribution in [0.15, 0.2) is 46.0 Å². The van der Waals surface area contributed by atoms with E-state index in [4.69, 9.17) is 0 Å². The lowest BCUT2D eigenvalue weighted by atomic mass is 9.65. The van der Waals surface area contributed by atoms with Crippen LogP contribution in [0.1, 0.15) is 50.4 Å². The molecule has 2 fully saturated rings. The fourth-order valence-corrected chi connectivity index (χ4v) is 7.22. The number of hydrogen-bond acceptors (Lipinski definition) is 4. The second-order valence-corrected chi connectivity index (χ2v) is 12.1. The highest BCUT2D eigenvalue weighted by Crippen LogP contribution is 2.52. The van der Waals surface area contributed by atoms with Crippen molar-refractivity contribution in [2.75, 3.05) is 11.3 Å². The summed E-state index contributed by atoms with van der Waals surface area (Å²) in [5, 5.41) is 1.73. The van der Waals surface area contributed by atoms with Crippen molar-refractivity contribution in [1.29, 1.82) is 0 Å². The van der Waals surface area contributed by atoms with Crippen molar-refractivity contribution >= 4 is 33.0 Å². The Kier molecular flexibility index (Phi) is 4.58. The van der Waals surface area contributed by atoms with E-state index in [-0.39, 0.29) is 20.9 Å². The molecule has 1 aliphatic heterocycles. The number of carbonyl (C=O) groups excluding carboxylic acids is 1. The van der Waals surface area contributed by atoms with Crippen LogP contribution < -0.4 is 4.72 Å². The van der Waals surface area contributed by atoms with Gasteiger partial charge in [0.2, 0.25) is 0 Å². The Hall–Kier alpha value is -1.86. The van der Waals surface area contributed by atoms with Crippen molar-refractivity contribution in [3.8, 4) is 0 Å². The Labute approximate surface area is 170 Å². The summed E-state index contributed by atoms with van der Waals surface area (Å²) in [4.78, 5) is 15.1. The van der Waals surface area contributed by atoms with E-state index in [1.165, 1.54) is 11.3 Å². The van der Waals surface area contributed by atoms with E-state index in [9.17, 15) is 13.2 Å². The van der Waals surface area contributed by atoms with Gasteiger partial charge in [0.25, 0.3) is 15.9 Å². The fraction of sp³-hybridized carbons (Fsp3) is 0.476. The third-order valence-electron chi connectivity index (χ3n) is 5.82. The van der Waals surface area contributed by atoms with Gasteiger partial charge >= 0.3 is 0 Å². The molecule has 1 aliphatic carbocycles. The van der Waals surface area contributed by atoms with Crippen LogP contribution in [-0.2, 0) is 10.0 Å². The maximum atomic E-state index is 13.1. The van der Waals surface area contributed by atoms with E-state index >= 15 is 0 Å². The summed E-state index contributed by atoms with van der Waals surface area (Å²) < 4.78 is 27.5. The van der Waals surface area contributed by atoms with Crippen molar-refractivity contribution < 1.29 is 13.2 Å². The van der Waals surface area contributed by atoms with Crippen LogP contribution in [0.2, 0.25) is 0 Å². The van der Waals surface area contributed by atoms with E-state index in [0.717, 1.165) is 25.8 Å². The van der Waals surface area contributed by atoms with Crippen LogP contribution in [0.5, 0.6) is 0 Å². The van der Waals surface area contributed by atoms with Gasteiger partial charge in [0.05, 0.1) is 0 Å². The zero-order valence-corrected chi connectivity index (χ0v) is 18.1. The van der Waals surface area contributed by atoms with Crippen molar-refractivity contribution in [3.05, 3.63) is 47.3 Å². The summed E-state index contributed by atoms with van der Waals surface area (Å²) in [6.45, 7) is 7.67. The van der Waals surface area contributed by atoms with Crippen molar-refractivity contribution in [1.82, 2.24) is 4.90 Å². The number of nitrogens with one attached hydrogen (secondary N) is 1. The number of rotatable bonds is 4. The summed E-state index contributed by atoms with van der Waals surface area (Å²) in [6.07, 6.45) is 3.25. The number of benzene rings is 1. The van der Waals surface area contributed by atoms with Crippen LogP contribution in [0.25, 0.3) is 0 Å². The van der Waals surface area contributed by atoms with Gasteiger partial charge in [0.15, 0.2) is 0 Å². The summed E-state index contributed by atoms with van der Waals surface area (Å²) in [7, 11) is -3.58. The first-order chi connectivity index (χ1) is 13.1. The molecular weight excluding hydrogens is 392 g/mol. The molecule has 1 saturated heterocycles. The second-order valence-electron chi connectivity index (χ2n) is 9.26. The van der Waals surface area contributed by atoms with Crippen LogP contribution >= 0.6 is 11.3 Å². The maximum Gasteiger partial charge on any atom is 0.271 e. The molecule has 4 rings (SSSR count). The molecule has 0 unspecified atom stereocenters. The molecule has 28 heavy (non-hydrogen) atoms. The van der Waals surface area contributed by atoms with Crippen LogP contribution in [-0.4, -0.2) is 31.8 Å². The van der Waals surface area contributed by atoms with Gasteiger partial charge in [-0.3, -0.25) is 9.52 Å². The van der Waals surface area contributed by atoms with Gasteiger partial charge in [-0.2, -0.15) is 0 Å². The molecule has 1 saturated carbocycles. The molecule has 0 radical (unpaired) electrons. The molecular formula is C21H26N2O3S2. The number of fused-ring (bicyclic) bond motifs is 2. The highest BCUT2D eigenvalue weighted by Gasteiger charge is 2.50. The molecule has 7 heteroatoms. The first kappa shape index (κ1) is 19.5. The molecule has 1 N–H and O–H groups in total. The Morgan fingerprint density at radius 1 is 1.14 bits per heavy atom. The Morgan fingerprint density at radius 3 is 2.50 bits per heavy atom. The lowest BCUT2D eigenvalue weighted by Gasteiger charge is -2.39. The van der Waals surface area contributed by atoms with E-state index in [1.807, 2.05) is 4.90 Å². The molecule has 1 aromatic carbocycles. The number of anilines is 1. The molecule has 2 bridgehead atoms. The Morgan fingerprint density at radius 2 is 1.86 bits per heavy atom. The lowest BCUT2D eigenvalue weighted by Crippen LogP contribution is -2.37. The van der Waals surface area contributed by atoms with Crippen molar-refractivity contribution in [2.24, 2.45) is 10.8 Å². The molecule has 2 atom stereocenters. The van der Waals surface area contributed by atoms with Crippen LogP contribution in [0.3, 0.4) is 0 Å². The zero-order valence-electron chi connectivity index (χ0n) is 16.4. The predicted octanol–water partition coefficient (Wildman–Crippen LogP) is 4.59. The number of carbonyl (C=O) groups is 1. The minimum Gasteiger partial charge on any atom is -0.335 e. The van der Waals surface area contributed by atoms with Gasteiger partial charge < -0.3 is 4.90 Å². The number of likely N-dealkylation sites (tertiary alicyclic amines) is 1. The smallest absolute Gasteiger partial charge is 0.271 e. The first-order valence-corrected chi connectivity index (χ1v) is 11.9. The normalized spacial score (nSPS) is 26.2. The average molecular weight is 419 g/mol. The van der Waals surface area contributed by atoms with Crippen molar-refractivity contribution in [3.63, 3.8) is 0 Å². The molecule has 1 amide bonds. The van der Waals surface area contributed by atoms with Gasteiger partial charge in [-0.25, -0.2) is 8.42 Å². The first-order valence-electron chi connectivity index (χ1n) is 9.54. The zero-order chi connectivity index (χ0) is 20.2. The standard InChI is InChI=1S/C21H26N2O3S2/c1-20(2)11-17-12-21(3,13-20)14-23(17)19(24)15-6-8-16(9-7-15)22-28(25,26)18-5-4-10-27-18/h4-10,17,22H,11-14H2,1-3H3/t17-,21+/m1/s1. The minimum atomic E-state index is -3.58. The fourth-order valence-electron chi connectivity index (χ4n) is 5.17. The summed E-state index contributed by atoms with van der Waals surface area (Å²) in [5.41, 5.74) is 1.51. The second kappa shape index (κ2) is 6.59. The van der Waals surface area contributed by atoms with Gasteiger partial charge in [-0.05, 0) is 65.8 Å². The third-order valence-corrected chi connectivity index (χ3v) is 8.60. The molecule has 0 spiro atoms. The van der Waals surface area contributed by atoms with E-state index in [1.54, 1.807) is 41.8 Å². The summed E-state index contributed by atoms with van der Waals surface area (Å²) >= 11 is 1.17. The van der Waals surface area contributed by atoms with Crippen LogP contribution in [0.4, 0.5) is 5.69 Å². The third kappa shape index (κ3) is 3.70. The number of amides is 1. The maximum absolute atomic E-state index is 13.1. The quantitative estimate of drug-likeness (QED) is 0.790. The molecule has 1 aromatic heterocycles. The Bertz CT molecular complexity index is 981. The predicted molar refractivity (Wildman–Crippen MR) is 112 cm³/mol. The topological polar surface area (TPSA) is 66.5 Å². The van der Waals surface area contributed by atoms with E-state index < -0.39 is 10.0 Å². The van der Waals surface area contributed by atoms with Gasteiger partial charge in [-0.15, -0.1) is 11.3 Å². The van der Waals surface area contributed by atoms with E-state index in [0.29, 0.717) is 17.3 Å². The Balaban J connectivity index is 1.49. The lowest BCUT2D eigenvalue weighted by molar-refractivity contribution is 0.0708. The van der Waals surface area contributed by atoms with Crippen molar-refractivity contribution in [2.45, 2.75) is 50.3 Å².